The van der Waals surface area contributed by atoms with Gasteiger partial charge in [-0.15, -0.1) is 0 Å². The third-order valence-electron chi connectivity index (χ3n) is 5.90. The summed E-state index contributed by atoms with van der Waals surface area (Å²) in [6.45, 7) is 9.14. The fourth-order valence-electron chi connectivity index (χ4n) is 4.26. The van der Waals surface area contributed by atoms with Gasteiger partial charge < -0.3 is 14.7 Å². The summed E-state index contributed by atoms with van der Waals surface area (Å²) in [6.07, 6.45) is 0.702. The normalized spacial score (nSPS) is 18.5. The van der Waals surface area contributed by atoms with Crippen molar-refractivity contribution < 1.29 is 4.79 Å². The Balaban J connectivity index is 2.05. The smallest absolute Gasteiger partial charge is 0.249 e. The number of hydrogen-bond donors (Lipinski definition) is 0. The van der Waals surface area contributed by atoms with Crippen molar-refractivity contribution in [1.29, 1.82) is 5.26 Å². The van der Waals surface area contributed by atoms with E-state index in [0.717, 1.165) is 22.5 Å². The predicted molar refractivity (Wildman–Crippen MR) is 121 cm³/mol. The molecule has 6 heteroatoms. The molecule has 1 saturated heterocycles. The van der Waals surface area contributed by atoms with E-state index in [9.17, 15) is 10.1 Å². The molecule has 0 saturated carbocycles. The molecular formula is C24H31N5O. The molecule has 0 N–H and O–H groups in total. The number of pyridine rings is 1. The van der Waals surface area contributed by atoms with Crippen LogP contribution in [0.25, 0.3) is 0 Å². The van der Waals surface area contributed by atoms with Gasteiger partial charge in [0.25, 0.3) is 0 Å². The molecule has 2 aromatic rings. The van der Waals surface area contributed by atoms with Gasteiger partial charge in [-0.1, -0.05) is 12.1 Å². The third kappa shape index (κ3) is 4.17. The number of anilines is 2. The lowest BCUT2D eigenvalue weighted by Gasteiger charge is -2.31. The summed E-state index contributed by atoms with van der Waals surface area (Å²) in [6, 6.07) is 12.1. The topological polar surface area (TPSA) is 63.5 Å². The van der Waals surface area contributed by atoms with E-state index < -0.39 is 0 Å². The second-order valence-electron chi connectivity index (χ2n) is 8.33. The van der Waals surface area contributed by atoms with Crippen molar-refractivity contribution in [1.82, 2.24) is 9.88 Å². The number of likely N-dealkylation sites (N-methyl/N-ethyl adjacent to an activating group) is 2. The first-order valence-corrected chi connectivity index (χ1v) is 10.5. The minimum Gasteiger partial charge on any atom is -0.342 e. The monoisotopic (exact) mass is 405 g/mol. The Kier molecular flexibility index (Phi) is 6.42. The molecule has 6 nitrogen and oxygen atoms in total. The average molecular weight is 406 g/mol. The maximum absolute atomic E-state index is 13.8. The highest BCUT2D eigenvalue weighted by Gasteiger charge is 2.41. The lowest BCUT2D eigenvalue weighted by Crippen LogP contribution is -2.46. The SMILES string of the molecule is CCN(C(=O)[C@@H]1C[C@H](N(C)C)CN1c1nc(C)cc(C)c1C#N)c1cccc(C)c1. The summed E-state index contributed by atoms with van der Waals surface area (Å²) in [5.74, 6) is 0.676. The van der Waals surface area contributed by atoms with Crippen molar-refractivity contribution in [2.75, 3.05) is 37.0 Å². The molecule has 0 aliphatic carbocycles. The highest BCUT2D eigenvalue weighted by Crippen LogP contribution is 2.32. The summed E-state index contributed by atoms with van der Waals surface area (Å²) in [5, 5.41) is 9.79. The zero-order valence-electron chi connectivity index (χ0n) is 18.8. The van der Waals surface area contributed by atoms with E-state index in [2.05, 4.69) is 11.0 Å². The van der Waals surface area contributed by atoms with Crippen LogP contribution in [0.1, 0.15) is 35.7 Å². The van der Waals surface area contributed by atoms with Crippen molar-refractivity contribution in [3.63, 3.8) is 0 Å². The summed E-state index contributed by atoms with van der Waals surface area (Å²) < 4.78 is 0. The van der Waals surface area contributed by atoms with Gasteiger partial charge in [0.05, 0.1) is 5.56 Å². The molecule has 2 atom stereocenters. The Morgan fingerprint density at radius 2 is 2.00 bits per heavy atom. The van der Waals surface area contributed by atoms with Gasteiger partial charge in [-0.3, -0.25) is 4.79 Å². The van der Waals surface area contributed by atoms with Gasteiger partial charge >= 0.3 is 0 Å². The molecule has 1 aliphatic rings. The minimum atomic E-state index is -0.362. The number of carbonyl (C=O) groups excluding carboxylic acids is 1. The number of aromatic nitrogens is 1. The van der Waals surface area contributed by atoms with Crippen molar-refractivity contribution >= 4 is 17.4 Å². The number of amides is 1. The molecule has 158 valence electrons. The number of carbonyl (C=O) groups is 1. The largest absolute Gasteiger partial charge is 0.342 e. The van der Waals surface area contributed by atoms with Crippen LogP contribution in [-0.4, -0.2) is 55.1 Å². The highest BCUT2D eigenvalue weighted by atomic mass is 16.2. The van der Waals surface area contributed by atoms with Gasteiger partial charge in [0.1, 0.15) is 17.9 Å². The van der Waals surface area contributed by atoms with Gasteiger partial charge in [-0.25, -0.2) is 4.98 Å². The van der Waals surface area contributed by atoms with E-state index in [0.29, 0.717) is 30.9 Å². The second kappa shape index (κ2) is 8.85. The predicted octanol–water partition coefficient (Wildman–Crippen LogP) is 3.44. The molecule has 1 fully saturated rings. The summed E-state index contributed by atoms with van der Waals surface area (Å²) >= 11 is 0. The highest BCUT2D eigenvalue weighted by molar-refractivity contribution is 5.99. The summed E-state index contributed by atoms with van der Waals surface area (Å²) in [4.78, 5) is 24.5. The third-order valence-corrected chi connectivity index (χ3v) is 5.90. The van der Waals surface area contributed by atoms with Crippen LogP contribution in [0, 0.1) is 32.1 Å². The van der Waals surface area contributed by atoms with E-state index in [-0.39, 0.29) is 18.0 Å². The van der Waals surface area contributed by atoms with Crippen molar-refractivity contribution in [3.05, 3.63) is 52.7 Å². The van der Waals surface area contributed by atoms with Crippen molar-refractivity contribution in [2.45, 2.75) is 46.2 Å². The first-order valence-electron chi connectivity index (χ1n) is 10.5. The van der Waals surface area contributed by atoms with E-state index >= 15 is 0 Å². The molecular weight excluding hydrogens is 374 g/mol. The number of benzene rings is 1. The molecule has 0 spiro atoms. The van der Waals surface area contributed by atoms with Crippen LogP contribution in [0.4, 0.5) is 11.5 Å². The van der Waals surface area contributed by atoms with Crippen LogP contribution in [0.2, 0.25) is 0 Å². The molecule has 3 rings (SSSR count). The minimum absolute atomic E-state index is 0.0531. The maximum atomic E-state index is 13.8. The molecule has 1 aromatic heterocycles. The Morgan fingerprint density at radius 3 is 2.60 bits per heavy atom. The lowest BCUT2D eigenvalue weighted by atomic mass is 10.1. The molecule has 1 aliphatic heterocycles. The second-order valence-corrected chi connectivity index (χ2v) is 8.33. The van der Waals surface area contributed by atoms with E-state index in [1.165, 1.54) is 0 Å². The van der Waals surface area contributed by atoms with E-state index in [1.54, 1.807) is 0 Å². The molecule has 0 bridgehead atoms. The van der Waals surface area contributed by atoms with Crippen LogP contribution in [-0.2, 0) is 4.79 Å². The standard InChI is InChI=1S/C24H31N5O/c1-7-28(19-10-8-9-16(2)11-19)24(30)22-13-20(27(5)6)15-29(22)23-21(14-25)17(3)12-18(4)26-23/h8-12,20,22H,7,13,15H2,1-6H3/t20-,22-/m0/s1. The lowest BCUT2D eigenvalue weighted by molar-refractivity contribution is -0.119. The Bertz CT molecular complexity index is 978. The molecule has 1 amide bonds. The average Bonchev–Trinajstić information content (AvgIpc) is 3.13. The van der Waals surface area contributed by atoms with Gasteiger partial charge in [0.2, 0.25) is 5.91 Å². The van der Waals surface area contributed by atoms with E-state index in [1.807, 2.05) is 81.9 Å². The maximum Gasteiger partial charge on any atom is 0.249 e. The summed E-state index contributed by atoms with van der Waals surface area (Å²) in [5.41, 5.74) is 4.33. The molecule has 0 radical (unpaired) electrons. The Labute approximate surface area is 179 Å². The molecule has 0 unspecified atom stereocenters. The van der Waals surface area contributed by atoms with Crippen LogP contribution in [0.5, 0.6) is 0 Å². The van der Waals surface area contributed by atoms with Crippen molar-refractivity contribution in [3.8, 4) is 6.07 Å². The first-order chi connectivity index (χ1) is 14.3. The van der Waals surface area contributed by atoms with Gasteiger partial charge in [-0.2, -0.15) is 5.26 Å². The Hall–Kier alpha value is -2.91. The van der Waals surface area contributed by atoms with Gasteiger partial charge in [0, 0.05) is 30.5 Å². The number of aryl methyl sites for hydroxylation is 3. The van der Waals surface area contributed by atoms with Crippen LogP contribution in [0.15, 0.2) is 30.3 Å². The molecule has 30 heavy (non-hydrogen) atoms. The Morgan fingerprint density at radius 1 is 1.27 bits per heavy atom. The summed E-state index contributed by atoms with van der Waals surface area (Å²) in [7, 11) is 4.07. The van der Waals surface area contributed by atoms with E-state index in [4.69, 9.17) is 4.98 Å². The quantitative estimate of drug-likeness (QED) is 0.762. The molecule has 1 aromatic carbocycles. The van der Waals surface area contributed by atoms with Crippen LogP contribution < -0.4 is 9.80 Å². The van der Waals surface area contributed by atoms with Gasteiger partial charge in [-0.05, 0) is 77.5 Å². The first kappa shape index (κ1) is 21.8. The fraction of sp³-hybridized carbons (Fsp3) is 0.458. The number of rotatable bonds is 5. The van der Waals surface area contributed by atoms with Crippen LogP contribution >= 0.6 is 0 Å². The van der Waals surface area contributed by atoms with Crippen LogP contribution in [0.3, 0.4) is 0 Å². The van der Waals surface area contributed by atoms with Gasteiger partial charge in [0.15, 0.2) is 0 Å². The number of hydrogen-bond acceptors (Lipinski definition) is 5. The fourth-order valence-corrected chi connectivity index (χ4v) is 4.26. The molecule has 2 heterocycles. The zero-order valence-corrected chi connectivity index (χ0v) is 18.8. The number of nitrogens with zero attached hydrogens (tertiary/aromatic N) is 5. The van der Waals surface area contributed by atoms with Crippen molar-refractivity contribution in [2.24, 2.45) is 0 Å². The zero-order chi connectivity index (χ0) is 22.0. The number of nitriles is 1.